The number of carboxylic acid groups (broad SMARTS) is 1. The van der Waals surface area contributed by atoms with Gasteiger partial charge in [-0.1, -0.05) is 21.5 Å². The average molecular weight is 219 g/mol. The fraction of sp³-hybridized carbons (Fsp3) is 0.625. The van der Waals surface area contributed by atoms with Crippen LogP contribution < -0.4 is 0 Å². The van der Waals surface area contributed by atoms with Gasteiger partial charge in [-0.05, 0) is 25.7 Å². The number of carboxylic acids is 1. The molecule has 0 bridgehead atoms. The summed E-state index contributed by atoms with van der Waals surface area (Å²) in [4.78, 5) is 10.9. The molecule has 0 spiro atoms. The van der Waals surface area contributed by atoms with E-state index in [4.69, 9.17) is 5.11 Å². The largest absolute Gasteiger partial charge is 0.478 e. The predicted molar refractivity (Wildman–Crippen MR) is 46.9 cm³/mol. The highest BCUT2D eigenvalue weighted by Crippen LogP contribution is 2.27. The summed E-state index contributed by atoms with van der Waals surface area (Å²) in [6, 6.07) is 0. The first-order valence-electron chi connectivity index (χ1n) is 3.75. The van der Waals surface area contributed by atoms with Crippen LogP contribution in [0.15, 0.2) is 11.6 Å². The third-order valence-electron chi connectivity index (χ3n) is 1.88. The van der Waals surface area contributed by atoms with E-state index in [0.29, 0.717) is 4.83 Å². The van der Waals surface area contributed by atoms with Crippen LogP contribution in [-0.2, 0) is 4.79 Å². The molecule has 0 heterocycles. The van der Waals surface area contributed by atoms with Crippen LogP contribution in [0.25, 0.3) is 0 Å². The Morgan fingerprint density at radius 3 is 2.55 bits per heavy atom. The molecule has 1 rings (SSSR count). The Bertz CT molecular complexity index is 177. The molecular formula is C8H11BrO2. The van der Waals surface area contributed by atoms with Crippen molar-refractivity contribution in [2.45, 2.75) is 30.5 Å². The van der Waals surface area contributed by atoms with Crippen molar-refractivity contribution in [2.24, 2.45) is 0 Å². The minimum atomic E-state index is -0.812. The lowest BCUT2D eigenvalue weighted by Gasteiger charge is -2.17. The van der Waals surface area contributed by atoms with Gasteiger partial charge in [-0.2, -0.15) is 0 Å². The highest BCUT2D eigenvalue weighted by molar-refractivity contribution is 9.09. The van der Waals surface area contributed by atoms with E-state index in [9.17, 15) is 4.79 Å². The van der Waals surface area contributed by atoms with Crippen molar-refractivity contribution >= 4 is 21.9 Å². The van der Waals surface area contributed by atoms with Crippen molar-refractivity contribution in [3.63, 3.8) is 0 Å². The van der Waals surface area contributed by atoms with Crippen LogP contribution in [0.2, 0.25) is 0 Å². The Hall–Kier alpha value is -0.310. The van der Waals surface area contributed by atoms with Gasteiger partial charge >= 0.3 is 5.97 Å². The maximum Gasteiger partial charge on any atom is 0.328 e. The Morgan fingerprint density at radius 1 is 1.55 bits per heavy atom. The number of rotatable bonds is 1. The van der Waals surface area contributed by atoms with Crippen LogP contribution in [0.3, 0.4) is 0 Å². The molecular weight excluding hydrogens is 208 g/mol. The first-order valence-corrected chi connectivity index (χ1v) is 4.66. The topological polar surface area (TPSA) is 37.3 Å². The van der Waals surface area contributed by atoms with Gasteiger partial charge in [0.2, 0.25) is 0 Å². The smallest absolute Gasteiger partial charge is 0.328 e. The fourth-order valence-electron chi connectivity index (χ4n) is 1.27. The molecule has 62 valence electrons. The quantitative estimate of drug-likeness (QED) is 0.542. The molecule has 0 unspecified atom stereocenters. The van der Waals surface area contributed by atoms with Gasteiger partial charge in [0.25, 0.3) is 0 Å². The van der Waals surface area contributed by atoms with E-state index in [1.807, 2.05) is 0 Å². The number of halogens is 1. The van der Waals surface area contributed by atoms with Gasteiger partial charge in [-0.15, -0.1) is 0 Å². The molecule has 0 aliphatic heterocycles. The second kappa shape index (κ2) is 3.90. The zero-order valence-electron chi connectivity index (χ0n) is 6.22. The number of hydrogen-bond donors (Lipinski definition) is 1. The van der Waals surface area contributed by atoms with Gasteiger partial charge in [-0.3, -0.25) is 0 Å². The zero-order valence-corrected chi connectivity index (χ0v) is 7.80. The molecule has 1 saturated carbocycles. The van der Waals surface area contributed by atoms with Crippen LogP contribution in [0.4, 0.5) is 0 Å². The highest BCUT2D eigenvalue weighted by Gasteiger charge is 2.13. The minimum absolute atomic E-state index is 0.591. The van der Waals surface area contributed by atoms with Gasteiger partial charge in [-0.25, -0.2) is 4.79 Å². The Labute approximate surface area is 74.4 Å². The van der Waals surface area contributed by atoms with E-state index < -0.39 is 5.97 Å². The highest BCUT2D eigenvalue weighted by atomic mass is 79.9. The molecule has 0 radical (unpaired) electrons. The van der Waals surface area contributed by atoms with E-state index in [-0.39, 0.29) is 0 Å². The second-order valence-corrected chi connectivity index (χ2v) is 4.11. The standard InChI is InChI=1S/C8H11BrO2/c9-7-3-1-6(2-4-7)5-8(10)11/h5,7H,1-4H2,(H,10,11). The molecule has 0 amide bonds. The SMILES string of the molecule is O=C(O)C=C1CCC(Br)CC1. The predicted octanol–water partition coefficient (Wildman–Crippen LogP) is 2.33. The summed E-state index contributed by atoms with van der Waals surface area (Å²) in [7, 11) is 0. The van der Waals surface area contributed by atoms with Crippen LogP contribution >= 0.6 is 15.9 Å². The van der Waals surface area contributed by atoms with E-state index in [2.05, 4.69) is 15.9 Å². The molecule has 2 nitrogen and oxygen atoms in total. The van der Waals surface area contributed by atoms with Crippen molar-refractivity contribution in [1.29, 1.82) is 0 Å². The molecule has 1 N–H and O–H groups in total. The van der Waals surface area contributed by atoms with Gasteiger partial charge in [0.05, 0.1) is 0 Å². The van der Waals surface area contributed by atoms with Crippen molar-refractivity contribution in [3.8, 4) is 0 Å². The zero-order chi connectivity index (χ0) is 8.27. The Kier molecular flexibility index (Phi) is 3.12. The van der Waals surface area contributed by atoms with Gasteiger partial charge in [0.1, 0.15) is 0 Å². The van der Waals surface area contributed by atoms with E-state index in [1.165, 1.54) is 6.08 Å². The molecule has 1 aliphatic carbocycles. The third-order valence-corrected chi connectivity index (χ3v) is 2.80. The number of allylic oxidation sites excluding steroid dienone is 1. The van der Waals surface area contributed by atoms with Crippen molar-refractivity contribution < 1.29 is 9.90 Å². The molecule has 0 atom stereocenters. The van der Waals surface area contributed by atoms with Gasteiger partial charge in [0, 0.05) is 10.9 Å². The van der Waals surface area contributed by atoms with Crippen molar-refractivity contribution in [1.82, 2.24) is 0 Å². The monoisotopic (exact) mass is 218 g/mol. The lowest BCUT2D eigenvalue weighted by molar-refractivity contribution is -0.131. The summed E-state index contributed by atoms with van der Waals surface area (Å²) < 4.78 is 0. The van der Waals surface area contributed by atoms with Crippen molar-refractivity contribution in [3.05, 3.63) is 11.6 Å². The number of hydrogen-bond acceptors (Lipinski definition) is 1. The summed E-state index contributed by atoms with van der Waals surface area (Å²) in [5.74, 6) is -0.812. The van der Waals surface area contributed by atoms with E-state index >= 15 is 0 Å². The second-order valence-electron chi connectivity index (χ2n) is 2.82. The molecule has 0 saturated heterocycles. The number of aliphatic carboxylic acids is 1. The fourth-order valence-corrected chi connectivity index (χ4v) is 1.73. The van der Waals surface area contributed by atoms with Crippen LogP contribution in [0, 0.1) is 0 Å². The summed E-state index contributed by atoms with van der Waals surface area (Å²) in [5.41, 5.74) is 1.08. The molecule has 0 aromatic carbocycles. The van der Waals surface area contributed by atoms with Crippen LogP contribution in [-0.4, -0.2) is 15.9 Å². The first kappa shape index (κ1) is 8.78. The minimum Gasteiger partial charge on any atom is -0.478 e. The first-order chi connectivity index (χ1) is 5.18. The Morgan fingerprint density at radius 2 is 2.09 bits per heavy atom. The summed E-state index contributed by atoms with van der Waals surface area (Å²) in [6.07, 6.45) is 5.35. The molecule has 0 aromatic rings. The third kappa shape index (κ3) is 3.06. The van der Waals surface area contributed by atoms with E-state index in [1.54, 1.807) is 0 Å². The average Bonchev–Trinajstić information content (AvgIpc) is 1.93. The lowest BCUT2D eigenvalue weighted by Crippen LogP contribution is -2.07. The van der Waals surface area contributed by atoms with Crippen LogP contribution in [0.5, 0.6) is 0 Å². The maximum absolute atomic E-state index is 10.3. The Balaban J connectivity index is 2.45. The van der Waals surface area contributed by atoms with E-state index in [0.717, 1.165) is 31.3 Å². The molecule has 11 heavy (non-hydrogen) atoms. The maximum atomic E-state index is 10.3. The van der Waals surface area contributed by atoms with Crippen LogP contribution in [0.1, 0.15) is 25.7 Å². The summed E-state index contributed by atoms with van der Waals surface area (Å²) >= 11 is 3.51. The van der Waals surface area contributed by atoms with Gasteiger partial charge < -0.3 is 5.11 Å². The molecule has 1 fully saturated rings. The summed E-state index contributed by atoms with van der Waals surface area (Å²) in [5, 5.41) is 8.44. The molecule has 1 aliphatic rings. The normalized spacial score (nSPS) is 24.8. The van der Waals surface area contributed by atoms with Gasteiger partial charge in [0.15, 0.2) is 0 Å². The molecule has 0 aromatic heterocycles. The number of alkyl halides is 1. The number of carbonyl (C=O) groups is 1. The molecule has 3 heteroatoms. The lowest BCUT2D eigenvalue weighted by atomic mass is 9.95. The summed E-state index contributed by atoms with van der Waals surface area (Å²) in [6.45, 7) is 0. The van der Waals surface area contributed by atoms with Crippen molar-refractivity contribution in [2.75, 3.05) is 0 Å².